The number of furan rings is 1. The van der Waals surface area contributed by atoms with Gasteiger partial charge in [-0.1, -0.05) is 18.2 Å². The molecule has 0 amide bonds. The minimum atomic E-state index is -0.0586. The number of nitrogens with zero attached hydrogens (tertiary/aromatic N) is 1. The standard InChI is InChI=1S/C16H17N3O/c17-15-18-10-16(19-15)6-4-11-2-1-3-13(14(11)8-16)12-5-7-20-9-12/h1-3,5,7,9H,4,6,8,10H2,(H3,17,18,19). The van der Waals surface area contributed by atoms with Crippen molar-refractivity contribution in [3.8, 4) is 11.1 Å². The fourth-order valence-electron chi connectivity index (χ4n) is 3.39. The van der Waals surface area contributed by atoms with Gasteiger partial charge in [0.15, 0.2) is 5.96 Å². The van der Waals surface area contributed by atoms with Crippen molar-refractivity contribution < 1.29 is 4.42 Å². The third-order valence-corrected chi connectivity index (χ3v) is 4.43. The molecule has 1 unspecified atom stereocenters. The predicted molar refractivity (Wildman–Crippen MR) is 78.5 cm³/mol. The van der Waals surface area contributed by atoms with Crippen LogP contribution < -0.4 is 11.1 Å². The second-order valence-corrected chi connectivity index (χ2v) is 5.71. The van der Waals surface area contributed by atoms with E-state index in [1.807, 2.05) is 6.07 Å². The molecule has 0 saturated carbocycles. The summed E-state index contributed by atoms with van der Waals surface area (Å²) in [4.78, 5) is 4.66. The molecule has 1 aromatic heterocycles. The van der Waals surface area contributed by atoms with Gasteiger partial charge in [-0.25, -0.2) is 4.99 Å². The SMILES string of the molecule is NC1=NC2(CCc3cccc(-c4ccoc4)c3C2)CN1. The van der Waals surface area contributed by atoms with Crippen LogP contribution in [-0.2, 0) is 12.8 Å². The highest BCUT2D eigenvalue weighted by Gasteiger charge is 2.38. The van der Waals surface area contributed by atoms with Crippen LogP contribution in [0.2, 0.25) is 0 Å². The summed E-state index contributed by atoms with van der Waals surface area (Å²) >= 11 is 0. The Morgan fingerprint density at radius 1 is 1.30 bits per heavy atom. The van der Waals surface area contributed by atoms with Crippen LogP contribution in [0.15, 0.2) is 46.2 Å². The van der Waals surface area contributed by atoms with Crippen molar-refractivity contribution in [3.63, 3.8) is 0 Å². The minimum absolute atomic E-state index is 0.0586. The molecule has 0 fully saturated rings. The average molecular weight is 267 g/mol. The number of nitrogens with two attached hydrogens (primary N) is 1. The maximum absolute atomic E-state index is 5.82. The van der Waals surface area contributed by atoms with Crippen molar-refractivity contribution in [1.29, 1.82) is 0 Å². The number of guanidine groups is 1. The highest BCUT2D eigenvalue weighted by atomic mass is 16.3. The van der Waals surface area contributed by atoms with Crippen molar-refractivity contribution in [2.45, 2.75) is 24.8 Å². The van der Waals surface area contributed by atoms with Gasteiger partial charge in [0.25, 0.3) is 0 Å². The summed E-state index contributed by atoms with van der Waals surface area (Å²) in [6.45, 7) is 0.845. The third-order valence-electron chi connectivity index (χ3n) is 4.43. The number of nitrogens with one attached hydrogen (secondary N) is 1. The predicted octanol–water partition coefficient (Wildman–Crippen LogP) is 2.09. The van der Waals surface area contributed by atoms with E-state index in [1.54, 1.807) is 12.5 Å². The number of fused-ring (bicyclic) bond motifs is 1. The Kier molecular flexibility index (Phi) is 2.39. The summed E-state index contributed by atoms with van der Waals surface area (Å²) in [6, 6.07) is 8.53. The molecule has 4 rings (SSSR count). The van der Waals surface area contributed by atoms with Gasteiger partial charge in [-0.15, -0.1) is 0 Å². The van der Waals surface area contributed by atoms with Crippen LogP contribution in [0.5, 0.6) is 0 Å². The maximum atomic E-state index is 5.82. The molecule has 0 bridgehead atoms. The molecule has 1 aliphatic carbocycles. The molecule has 4 nitrogen and oxygen atoms in total. The van der Waals surface area contributed by atoms with Gasteiger partial charge in [0.05, 0.1) is 18.1 Å². The van der Waals surface area contributed by atoms with Crippen LogP contribution in [0.4, 0.5) is 0 Å². The first kappa shape index (κ1) is 11.6. The first-order valence-corrected chi connectivity index (χ1v) is 6.98. The highest BCUT2D eigenvalue weighted by molar-refractivity contribution is 5.80. The number of aliphatic imine (C=N–C) groups is 1. The van der Waals surface area contributed by atoms with Crippen LogP contribution in [0.1, 0.15) is 17.5 Å². The van der Waals surface area contributed by atoms with Gasteiger partial charge in [0.1, 0.15) is 0 Å². The molecule has 1 spiro atoms. The summed E-state index contributed by atoms with van der Waals surface area (Å²) in [6.07, 6.45) is 6.58. The second-order valence-electron chi connectivity index (χ2n) is 5.71. The van der Waals surface area contributed by atoms with E-state index in [1.165, 1.54) is 16.7 Å². The van der Waals surface area contributed by atoms with Gasteiger partial charge < -0.3 is 15.5 Å². The molecule has 4 heteroatoms. The van der Waals surface area contributed by atoms with Gasteiger partial charge in [-0.05, 0) is 35.6 Å². The Labute approximate surface area is 117 Å². The van der Waals surface area contributed by atoms with E-state index in [4.69, 9.17) is 10.2 Å². The van der Waals surface area contributed by atoms with E-state index in [0.717, 1.165) is 31.4 Å². The van der Waals surface area contributed by atoms with Crippen molar-refractivity contribution >= 4 is 5.96 Å². The lowest BCUT2D eigenvalue weighted by molar-refractivity contribution is 0.395. The fourth-order valence-corrected chi connectivity index (χ4v) is 3.39. The normalized spacial score (nSPS) is 24.3. The van der Waals surface area contributed by atoms with Crippen LogP contribution in [0, 0.1) is 0 Å². The summed E-state index contributed by atoms with van der Waals surface area (Å²) in [5.74, 6) is 0.578. The van der Waals surface area contributed by atoms with Gasteiger partial charge in [-0.2, -0.15) is 0 Å². The lowest BCUT2D eigenvalue weighted by Crippen LogP contribution is -2.39. The quantitative estimate of drug-likeness (QED) is 0.831. The average Bonchev–Trinajstić information content (AvgIpc) is 3.09. The Balaban J connectivity index is 1.80. The molecule has 0 saturated heterocycles. The van der Waals surface area contributed by atoms with Gasteiger partial charge in [-0.3, -0.25) is 0 Å². The van der Waals surface area contributed by atoms with Crippen molar-refractivity contribution in [2.75, 3.05) is 6.54 Å². The summed E-state index contributed by atoms with van der Waals surface area (Å²) in [7, 11) is 0. The van der Waals surface area contributed by atoms with E-state index >= 15 is 0 Å². The molecule has 102 valence electrons. The molecule has 2 aliphatic rings. The lowest BCUT2D eigenvalue weighted by Gasteiger charge is -2.32. The molecular formula is C16H17N3O. The van der Waals surface area contributed by atoms with Crippen molar-refractivity contribution in [1.82, 2.24) is 5.32 Å². The number of hydrogen-bond donors (Lipinski definition) is 2. The van der Waals surface area contributed by atoms with Crippen LogP contribution in [0.3, 0.4) is 0 Å². The number of rotatable bonds is 1. The van der Waals surface area contributed by atoms with E-state index in [-0.39, 0.29) is 5.54 Å². The topological polar surface area (TPSA) is 63.5 Å². The van der Waals surface area contributed by atoms with E-state index in [0.29, 0.717) is 5.96 Å². The van der Waals surface area contributed by atoms with Crippen molar-refractivity contribution in [3.05, 3.63) is 47.9 Å². The van der Waals surface area contributed by atoms with E-state index in [9.17, 15) is 0 Å². The Hall–Kier alpha value is -2.23. The summed E-state index contributed by atoms with van der Waals surface area (Å²) in [5.41, 5.74) is 11.0. The third kappa shape index (κ3) is 1.72. The van der Waals surface area contributed by atoms with E-state index < -0.39 is 0 Å². The molecule has 1 aromatic carbocycles. The molecule has 20 heavy (non-hydrogen) atoms. The Bertz CT molecular complexity index is 675. The second kappa shape index (κ2) is 4.13. The van der Waals surface area contributed by atoms with Gasteiger partial charge in [0.2, 0.25) is 0 Å². The Morgan fingerprint density at radius 2 is 2.25 bits per heavy atom. The zero-order chi connectivity index (χ0) is 13.6. The zero-order valence-electron chi connectivity index (χ0n) is 11.2. The highest BCUT2D eigenvalue weighted by Crippen LogP contribution is 2.38. The van der Waals surface area contributed by atoms with Gasteiger partial charge >= 0.3 is 0 Å². The van der Waals surface area contributed by atoms with E-state index in [2.05, 4.69) is 28.5 Å². The molecule has 2 heterocycles. The molecule has 2 aromatic rings. The van der Waals surface area contributed by atoms with Crippen LogP contribution in [0.25, 0.3) is 11.1 Å². The maximum Gasteiger partial charge on any atom is 0.189 e. The largest absolute Gasteiger partial charge is 0.472 e. The molecule has 0 radical (unpaired) electrons. The lowest BCUT2D eigenvalue weighted by atomic mass is 9.76. The zero-order valence-corrected chi connectivity index (χ0v) is 11.2. The first-order valence-electron chi connectivity index (χ1n) is 6.98. The monoisotopic (exact) mass is 267 g/mol. The van der Waals surface area contributed by atoms with Crippen LogP contribution in [-0.4, -0.2) is 18.0 Å². The fraction of sp³-hybridized carbons (Fsp3) is 0.312. The minimum Gasteiger partial charge on any atom is -0.472 e. The van der Waals surface area contributed by atoms with Crippen molar-refractivity contribution in [2.24, 2.45) is 10.7 Å². The number of hydrogen-bond acceptors (Lipinski definition) is 4. The molecule has 1 aliphatic heterocycles. The summed E-state index contributed by atoms with van der Waals surface area (Å²) < 4.78 is 5.23. The Morgan fingerprint density at radius 3 is 3.00 bits per heavy atom. The molecule has 3 N–H and O–H groups in total. The number of benzene rings is 1. The molecular weight excluding hydrogens is 250 g/mol. The van der Waals surface area contributed by atoms with Crippen LogP contribution >= 0.6 is 0 Å². The number of aryl methyl sites for hydroxylation is 1. The molecule has 1 atom stereocenters. The summed E-state index contributed by atoms with van der Waals surface area (Å²) in [5, 5.41) is 3.17. The first-order chi connectivity index (χ1) is 9.76. The smallest absolute Gasteiger partial charge is 0.189 e. The van der Waals surface area contributed by atoms with Gasteiger partial charge in [0, 0.05) is 18.5 Å².